The molecule has 0 saturated carbocycles. The van der Waals surface area contributed by atoms with Crippen LogP contribution in [0.25, 0.3) is 11.2 Å². The molecule has 0 bridgehead atoms. The van der Waals surface area contributed by atoms with E-state index in [2.05, 4.69) is 21.0 Å². The Labute approximate surface area is 132 Å². The topological polar surface area (TPSA) is 91.7 Å². The first kappa shape index (κ1) is 14.7. The molecule has 0 aliphatic carbocycles. The van der Waals surface area contributed by atoms with Crippen LogP contribution in [0.2, 0.25) is 0 Å². The van der Waals surface area contributed by atoms with E-state index in [1.807, 2.05) is 31.2 Å². The van der Waals surface area contributed by atoms with Gasteiger partial charge in [-0.25, -0.2) is 14.8 Å². The maximum atomic E-state index is 12.1. The number of rotatable bonds is 4. The second kappa shape index (κ2) is 6.28. The molecule has 0 spiro atoms. The summed E-state index contributed by atoms with van der Waals surface area (Å²) in [6.07, 6.45) is 1.83. The fraction of sp³-hybridized carbons (Fsp3) is 0.176. The Balaban J connectivity index is 1.67. The number of H-pyrrole nitrogens is 1. The van der Waals surface area contributed by atoms with Crippen molar-refractivity contribution in [1.82, 2.24) is 15.0 Å². The quantitative estimate of drug-likeness (QED) is 0.748. The smallest absolute Gasteiger partial charge is 0.340 e. The highest BCUT2D eigenvalue weighted by molar-refractivity contribution is 5.92. The molecule has 2 aromatic heterocycles. The van der Waals surface area contributed by atoms with Crippen LogP contribution >= 0.6 is 0 Å². The van der Waals surface area contributed by atoms with E-state index in [1.165, 1.54) is 6.20 Å². The number of fused-ring (bicyclic) bond motifs is 1. The number of carbonyl (C=O) groups is 1. The normalized spacial score (nSPS) is 10.4. The Morgan fingerprint density at radius 2 is 2.04 bits per heavy atom. The number of pyridine rings is 1. The van der Waals surface area contributed by atoms with E-state index in [0.717, 1.165) is 17.0 Å². The fourth-order valence-corrected chi connectivity index (χ4v) is 2.21. The lowest BCUT2D eigenvalue weighted by Gasteiger charge is -2.05. The molecule has 0 unspecified atom stereocenters. The van der Waals surface area contributed by atoms with Crippen molar-refractivity contribution in [3.05, 3.63) is 59.0 Å². The summed E-state index contributed by atoms with van der Waals surface area (Å²) in [5.41, 5.74) is 3.46. The molecular weight excluding hydrogens is 292 g/mol. The molecule has 1 aromatic carbocycles. The van der Waals surface area contributed by atoms with Crippen LogP contribution < -0.4 is 0 Å². The molecule has 0 aliphatic heterocycles. The summed E-state index contributed by atoms with van der Waals surface area (Å²) in [4.78, 5) is 23.5. The average molecular weight is 306 g/mol. The number of aromatic amines is 1. The van der Waals surface area contributed by atoms with E-state index in [9.17, 15) is 4.79 Å². The van der Waals surface area contributed by atoms with Crippen molar-refractivity contribution < 1.29 is 9.53 Å². The number of nitriles is 1. The van der Waals surface area contributed by atoms with Crippen LogP contribution in [0.3, 0.4) is 0 Å². The number of nitrogens with zero attached hydrogens (tertiary/aromatic N) is 3. The van der Waals surface area contributed by atoms with Gasteiger partial charge in [0.2, 0.25) is 0 Å². The number of hydrogen-bond acceptors (Lipinski definition) is 5. The number of imidazole rings is 1. The number of nitrogens with one attached hydrogen (secondary N) is 1. The highest BCUT2D eigenvalue weighted by Crippen LogP contribution is 2.13. The summed E-state index contributed by atoms with van der Waals surface area (Å²) in [5.74, 6) is 0.309. The van der Waals surface area contributed by atoms with Crippen LogP contribution in [-0.2, 0) is 17.8 Å². The lowest BCUT2D eigenvalue weighted by atomic mass is 10.1. The molecule has 0 fully saturated rings. The summed E-state index contributed by atoms with van der Waals surface area (Å²) in [6, 6.07) is 11.2. The van der Waals surface area contributed by atoms with Gasteiger partial charge in [0.1, 0.15) is 12.4 Å². The van der Waals surface area contributed by atoms with Gasteiger partial charge in [-0.15, -0.1) is 0 Å². The fourth-order valence-electron chi connectivity index (χ4n) is 2.21. The van der Waals surface area contributed by atoms with Crippen molar-refractivity contribution in [2.24, 2.45) is 0 Å². The first-order chi connectivity index (χ1) is 11.2. The molecule has 1 N–H and O–H groups in total. The molecule has 6 heteroatoms. The zero-order valence-electron chi connectivity index (χ0n) is 12.5. The SMILES string of the molecule is Cc1nc2ncc(C(=O)OCc3ccc(CC#N)cc3)cc2[nH]1. The molecule has 3 rings (SSSR count). The number of benzene rings is 1. The summed E-state index contributed by atoms with van der Waals surface area (Å²) >= 11 is 0. The molecule has 0 amide bonds. The van der Waals surface area contributed by atoms with Gasteiger partial charge in [0.05, 0.1) is 23.6 Å². The molecule has 2 heterocycles. The third kappa shape index (κ3) is 3.35. The van der Waals surface area contributed by atoms with Crippen molar-refractivity contribution in [1.29, 1.82) is 5.26 Å². The van der Waals surface area contributed by atoms with Gasteiger partial charge >= 0.3 is 5.97 Å². The van der Waals surface area contributed by atoms with Gasteiger partial charge in [-0.2, -0.15) is 5.26 Å². The van der Waals surface area contributed by atoms with Crippen LogP contribution in [0.15, 0.2) is 36.5 Å². The number of esters is 1. The Morgan fingerprint density at radius 3 is 2.78 bits per heavy atom. The van der Waals surface area contributed by atoms with Crippen molar-refractivity contribution in [3.8, 4) is 6.07 Å². The Kier molecular flexibility index (Phi) is 4.02. The van der Waals surface area contributed by atoms with Gasteiger partial charge in [-0.05, 0) is 24.1 Å². The van der Waals surface area contributed by atoms with Crippen LogP contribution in [0.5, 0.6) is 0 Å². The minimum atomic E-state index is -0.437. The van der Waals surface area contributed by atoms with E-state index in [-0.39, 0.29) is 6.61 Å². The number of ether oxygens (including phenoxy) is 1. The second-order valence-electron chi connectivity index (χ2n) is 5.14. The van der Waals surface area contributed by atoms with E-state index >= 15 is 0 Å². The molecule has 0 atom stereocenters. The molecule has 3 aromatic rings. The highest BCUT2D eigenvalue weighted by Gasteiger charge is 2.11. The Morgan fingerprint density at radius 1 is 1.30 bits per heavy atom. The van der Waals surface area contributed by atoms with E-state index in [4.69, 9.17) is 10.00 Å². The van der Waals surface area contributed by atoms with Crippen LogP contribution in [0.4, 0.5) is 0 Å². The van der Waals surface area contributed by atoms with Gasteiger partial charge in [-0.1, -0.05) is 24.3 Å². The van der Waals surface area contributed by atoms with E-state index in [1.54, 1.807) is 6.07 Å². The van der Waals surface area contributed by atoms with Gasteiger partial charge in [0, 0.05) is 6.20 Å². The minimum Gasteiger partial charge on any atom is -0.457 e. The molecular formula is C17H14N4O2. The molecule has 0 saturated heterocycles. The van der Waals surface area contributed by atoms with Gasteiger partial charge in [-0.3, -0.25) is 0 Å². The molecule has 0 radical (unpaired) electrons. The van der Waals surface area contributed by atoms with Crippen LogP contribution in [-0.4, -0.2) is 20.9 Å². The minimum absolute atomic E-state index is 0.172. The number of hydrogen-bond donors (Lipinski definition) is 1. The van der Waals surface area contributed by atoms with Crippen molar-refractivity contribution in [2.45, 2.75) is 20.0 Å². The second-order valence-corrected chi connectivity index (χ2v) is 5.14. The lowest BCUT2D eigenvalue weighted by molar-refractivity contribution is 0.0472. The Hall–Kier alpha value is -3.20. The zero-order chi connectivity index (χ0) is 16.2. The van der Waals surface area contributed by atoms with Gasteiger partial charge in [0.15, 0.2) is 5.65 Å². The van der Waals surface area contributed by atoms with Crippen LogP contribution in [0.1, 0.15) is 27.3 Å². The van der Waals surface area contributed by atoms with Crippen molar-refractivity contribution >= 4 is 17.1 Å². The molecule has 23 heavy (non-hydrogen) atoms. The maximum Gasteiger partial charge on any atom is 0.340 e. The van der Waals surface area contributed by atoms with E-state index in [0.29, 0.717) is 23.1 Å². The number of aryl methyl sites for hydroxylation is 1. The first-order valence-electron chi connectivity index (χ1n) is 7.10. The summed E-state index contributed by atoms with van der Waals surface area (Å²) < 4.78 is 5.29. The average Bonchev–Trinajstić information content (AvgIpc) is 2.93. The van der Waals surface area contributed by atoms with E-state index < -0.39 is 5.97 Å². The monoisotopic (exact) mass is 306 g/mol. The first-order valence-corrected chi connectivity index (χ1v) is 7.10. The van der Waals surface area contributed by atoms with Crippen molar-refractivity contribution in [2.75, 3.05) is 0 Å². The molecule has 0 aliphatic rings. The van der Waals surface area contributed by atoms with Gasteiger partial charge in [0.25, 0.3) is 0 Å². The summed E-state index contributed by atoms with van der Waals surface area (Å²) in [5, 5.41) is 8.64. The lowest BCUT2D eigenvalue weighted by Crippen LogP contribution is -2.05. The third-order valence-electron chi connectivity index (χ3n) is 3.37. The van der Waals surface area contributed by atoms with Gasteiger partial charge < -0.3 is 9.72 Å². The molecule has 6 nitrogen and oxygen atoms in total. The number of aromatic nitrogens is 3. The largest absolute Gasteiger partial charge is 0.457 e. The zero-order valence-corrected chi connectivity index (χ0v) is 12.5. The summed E-state index contributed by atoms with van der Waals surface area (Å²) in [6.45, 7) is 2.00. The van der Waals surface area contributed by atoms with Crippen molar-refractivity contribution in [3.63, 3.8) is 0 Å². The Bertz CT molecular complexity index is 891. The molecule has 114 valence electrons. The number of carbonyl (C=O) groups excluding carboxylic acids is 1. The highest BCUT2D eigenvalue weighted by atomic mass is 16.5. The summed E-state index contributed by atoms with van der Waals surface area (Å²) in [7, 11) is 0. The predicted octanol–water partition coefficient (Wildman–Crippen LogP) is 2.69. The third-order valence-corrected chi connectivity index (χ3v) is 3.37. The van der Waals surface area contributed by atoms with Crippen LogP contribution in [0, 0.1) is 18.3 Å². The predicted molar refractivity (Wildman–Crippen MR) is 83.5 cm³/mol. The maximum absolute atomic E-state index is 12.1. The standard InChI is InChI=1S/C17H14N4O2/c1-11-20-15-8-14(9-19-16(15)21-11)17(22)23-10-13-4-2-12(3-5-13)6-7-18/h2-5,8-9H,6,10H2,1H3,(H,19,20,21).